The Morgan fingerprint density at radius 1 is 1.47 bits per heavy atom. The second kappa shape index (κ2) is 7.52. The Hall–Kier alpha value is -1.89. The summed E-state index contributed by atoms with van der Waals surface area (Å²) in [5.41, 5.74) is 7.25. The lowest BCUT2D eigenvalue weighted by Crippen LogP contribution is -2.18. The lowest BCUT2D eigenvalue weighted by atomic mass is 10.1. The number of carbonyl (C=O) groups is 1. The van der Waals surface area contributed by atoms with E-state index in [4.69, 9.17) is 10.5 Å². The standard InChI is InChI=1S/C12H17F2N3O2/c1-16-12(18)8-2-3-9(15)10(6-8)17-4-5-19-7-11(13)14/h2-3,6,11,17H,4-5,7,15H2,1H3,(H,16,18). The Labute approximate surface area is 110 Å². The van der Waals surface area contributed by atoms with Crippen molar-refractivity contribution in [1.82, 2.24) is 5.32 Å². The van der Waals surface area contributed by atoms with Gasteiger partial charge < -0.3 is 21.1 Å². The predicted octanol–water partition coefficient (Wildman–Crippen LogP) is 1.32. The molecule has 0 atom stereocenters. The molecule has 0 bridgehead atoms. The first-order chi connectivity index (χ1) is 9.04. The number of alkyl halides is 2. The van der Waals surface area contributed by atoms with Crippen molar-refractivity contribution in [3.63, 3.8) is 0 Å². The zero-order valence-corrected chi connectivity index (χ0v) is 10.6. The number of nitrogens with one attached hydrogen (secondary N) is 2. The van der Waals surface area contributed by atoms with Gasteiger partial charge in [0.05, 0.1) is 18.0 Å². The quantitative estimate of drug-likeness (QED) is 0.517. The van der Waals surface area contributed by atoms with Crippen molar-refractivity contribution < 1.29 is 18.3 Å². The second-order valence-corrected chi connectivity index (χ2v) is 3.77. The van der Waals surface area contributed by atoms with Gasteiger partial charge in [0.2, 0.25) is 0 Å². The van der Waals surface area contributed by atoms with E-state index < -0.39 is 13.0 Å². The molecule has 0 aromatic heterocycles. The van der Waals surface area contributed by atoms with Crippen molar-refractivity contribution in [3.8, 4) is 0 Å². The van der Waals surface area contributed by atoms with Gasteiger partial charge >= 0.3 is 0 Å². The van der Waals surface area contributed by atoms with E-state index in [0.29, 0.717) is 23.5 Å². The number of ether oxygens (including phenoxy) is 1. The van der Waals surface area contributed by atoms with Crippen LogP contribution in [0.3, 0.4) is 0 Å². The van der Waals surface area contributed by atoms with Crippen molar-refractivity contribution in [2.24, 2.45) is 0 Å². The van der Waals surface area contributed by atoms with E-state index in [1.54, 1.807) is 18.2 Å². The van der Waals surface area contributed by atoms with Crippen LogP contribution in [0.1, 0.15) is 10.4 Å². The van der Waals surface area contributed by atoms with Gasteiger partial charge in [0, 0.05) is 19.2 Å². The summed E-state index contributed by atoms with van der Waals surface area (Å²) in [4.78, 5) is 11.4. The Kier molecular flexibility index (Phi) is 6.01. The maximum Gasteiger partial charge on any atom is 0.261 e. The Morgan fingerprint density at radius 2 is 2.21 bits per heavy atom. The first-order valence-electron chi connectivity index (χ1n) is 5.76. The molecule has 5 nitrogen and oxygen atoms in total. The molecule has 0 fully saturated rings. The molecule has 1 aromatic carbocycles. The van der Waals surface area contributed by atoms with Crippen LogP contribution in [0, 0.1) is 0 Å². The maximum atomic E-state index is 11.8. The van der Waals surface area contributed by atoms with E-state index in [1.165, 1.54) is 7.05 Å². The zero-order chi connectivity index (χ0) is 14.3. The monoisotopic (exact) mass is 273 g/mol. The van der Waals surface area contributed by atoms with Crippen LogP contribution in [0.5, 0.6) is 0 Å². The SMILES string of the molecule is CNC(=O)c1ccc(N)c(NCCOCC(F)F)c1. The van der Waals surface area contributed by atoms with Crippen LogP contribution in [-0.2, 0) is 4.74 Å². The Balaban J connectivity index is 2.50. The summed E-state index contributed by atoms with van der Waals surface area (Å²) < 4.78 is 28.4. The lowest BCUT2D eigenvalue weighted by molar-refractivity contribution is 0.0215. The number of amides is 1. The molecule has 7 heteroatoms. The summed E-state index contributed by atoms with van der Waals surface area (Å²) in [6.07, 6.45) is -2.47. The van der Waals surface area contributed by atoms with Gasteiger partial charge in [-0.1, -0.05) is 0 Å². The summed E-state index contributed by atoms with van der Waals surface area (Å²) in [6.45, 7) is -0.127. The van der Waals surface area contributed by atoms with Gasteiger partial charge in [-0.25, -0.2) is 8.78 Å². The molecule has 4 N–H and O–H groups in total. The Bertz CT molecular complexity index is 427. The molecule has 0 radical (unpaired) electrons. The van der Waals surface area contributed by atoms with Crippen molar-refractivity contribution in [2.45, 2.75) is 6.43 Å². The number of hydrogen-bond acceptors (Lipinski definition) is 4. The number of nitrogen functional groups attached to an aromatic ring is 1. The number of nitrogens with two attached hydrogens (primary N) is 1. The largest absolute Gasteiger partial charge is 0.397 e. The zero-order valence-electron chi connectivity index (χ0n) is 10.6. The number of halogens is 2. The van der Waals surface area contributed by atoms with Gasteiger partial charge in [-0.05, 0) is 18.2 Å². The van der Waals surface area contributed by atoms with E-state index in [2.05, 4.69) is 10.6 Å². The molecule has 0 saturated heterocycles. The highest BCUT2D eigenvalue weighted by molar-refractivity contribution is 5.96. The molecule has 1 aromatic rings. The fraction of sp³-hybridized carbons (Fsp3) is 0.417. The molecule has 0 unspecified atom stereocenters. The number of benzene rings is 1. The third kappa shape index (κ3) is 5.09. The summed E-state index contributed by atoms with van der Waals surface area (Å²) in [6, 6.07) is 4.81. The lowest BCUT2D eigenvalue weighted by Gasteiger charge is -2.11. The molecule has 106 valence electrons. The van der Waals surface area contributed by atoms with Crippen molar-refractivity contribution in [3.05, 3.63) is 23.8 Å². The maximum absolute atomic E-state index is 11.8. The van der Waals surface area contributed by atoms with Crippen LogP contribution < -0.4 is 16.4 Å². The molecular formula is C12H17F2N3O2. The highest BCUT2D eigenvalue weighted by atomic mass is 19.3. The molecule has 0 aliphatic heterocycles. The second-order valence-electron chi connectivity index (χ2n) is 3.77. The van der Waals surface area contributed by atoms with Gasteiger partial charge in [0.1, 0.15) is 6.61 Å². The van der Waals surface area contributed by atoms with Gasteiger partial charge in [-0.15, -0.1) is 0 Å². The van der Waals surface area contributed by atoms with Crippen molar-refractivity contribution in [2.75, 3.05) is 37.9 Å². The molecule has 0 heterocycles. The number of rotatable bonds is 7. The van der Waals surface area contributed by atoms with E-state index >= 15 is 0 Å². The molecule has 1 amide bonds. The predicted molar refractivity (Wildman–Crippen MR) is 69.6 cm³/mol. The fourth-order valence-corrected chi connectivity index (χ4v) is 1.43. The van der Waals surface area contributed by atoms with E-state index in [1.807, 2.05) is 0 Å². The van der Waals surface area contributed by atoms with Crippen molar-refractivity contribution in [1.29, 1.82) is 0 Å². The van der Waals surface area contributed by atoms with Crippen molar-refractivity contribution >= 4 is 17.3 Å². The summed E-state index contributed by atoms with van der Waals surface area (Å²) in [5.74, 6) is -0.225. The number of carbonyl (C=O) groups excluding carboxylic acids is 1. The molecular weight excluding hydrogens is 256 g/mol. The highest BCUT2D eigenvalue weighted by Crippen LogP contribution is 2.19. The number of anilines is 2. The van der Waals surface area contributed by atoms with Gasteiger partial charge in [0.25, 0.3) is 12.3 Å². The van der Waals surface area contributed by atoms with E-state index in [-0.39, 0.29) is 12.5 Å². The summed E-state index contributed by atoms with van der Waals surface area (Å²) in [5, 5.41) is 5.43. The normalized spacial score (nSPS) is 10.5. The molecule has 0 aliphatic carbocycles. The number of hydrogen-bond donors (Lipinski definition) is 3. The van der Waals surface area contributed by atoms with Crippen LogP contribution in [-0.4, -0.2) is 39.1 Å². The van der Waals surface area contributed by atoms with Crippen LogP contribution in [0.25, 0.3) is 0 Å². The molecule has 1 rings (SSSR count). The molecule has 0 spiro atoms. The minimum Gasteiger partial charge on any atom is -0.397 e. The minimum atomic E-state index is -2.47. The average molecular weight is 273 g/mol. The van der Waals surface area contributed by atoms with Gasteiger partial charge in [-0.3, -0.25) is 4.79 Å². The van der Waals surface area contributed by atoms with Crippen LogP contribution in [0.2, 0.25) is 0 Å². The van der Waals surface area contributed by atoms with E-state index in [0.717, 1.165) is 0 Å². The topological polar surface area (TPSA) is 76.4 Å². The van der Waals surface area contributed by atoms with Gasteiger partial charge in [0.15, 0.2) is 0 Å². The minimum absolute atomic E-state index is 0.133. The van der Waals surface area contributed by atoms with Gasteiger partial charge in [-0.2, -0.15) is 0 Å². The molecule has 19 heavy (non-hydrogen) atoms. The smallest absolute Gasteiger partial charge is 0.261 e. The fourth-order valence-electron chi connectivity index (χ4n) is 1.43. The summed E-state index contributed by atoms with van der Waals surface area (Å²) in [7, 11) is 1.53. The summed E-state index contributed by atoms with van der Waals surface area (Å²) >= 11 is 0. The third-order valence-corrected chi connectivity index (χ3v) is 2.35. The molecule has 0 saturated carbocycles. The Morgan fingerprint density at radius 3 is 2.84 bits per heavy atom. The van der Waals surface area contributed by atoms with Crippen LogP contribution in [0.15, 0.2) is 18.2 Å². The van der Waals surface area contributed by atoms with E-state index in [9.17, 15) is 13.6 Å². The first-order valence-corrected chi connectivity index (χ1v) is 5.76. The van der Waals surface area contributed by atoms with Crippen LogP contribution in [0.4, 0.5) is 20.2 Å². The van der Waals surface area contributed by atoms with Crippen LogP contribution >= 0.6 is 0 Å². The highest BCUT2D eigenvalue weighted by Gasteiger charge is 2.06. The third-order valence-electron chi connectivity index (χ3n) is 2.35. The average Bonchev–Trinajstić information content (AvgIpc) is 2.39. The molecule has 0 aliphatic rings. The first kappa shape index (κ1) is 15.2.